The highest BCUT2D eigenvalue weighted by atomic mass is 16.5. The number of hydrogen-bond donors (Lipinski definition) is 0. The molecule has 0 bridgehead atoms. The van der Waals surface area contributed by atoms with Crippen LogP contribution in [0, 0.1) is 13.8 Å². The molecule has 2 aliphatic heterocycles. The van der Waals surface area contributed by atoms with E-state index in [1.54, 1.807) is 0 Å². The monoisotopic (exact) mass is 394 g/mol. The minimum Gasteiger partial charge on any atom is -0.378 e. The first-order valence-corrected chi connectivity index (χ1v) is 10.2. The molecule has 9 heteroatoms. The van der Waals surface area contributed by atoms with Crippen molar-refractivity contribution >= 4 is 23.1 Å². The first kappa shape index (κ1) is 18.1. The van der Waals surface area contributed by atoms with Gasteiger partial charge in [0.15, 0.2) is 5.82 Å². The first-order valence-electron chi connectivity index (χ1n) is 10.2. The molecule has 2 saturated heterocycles. The molecule has 0 amide bonds. The van der Waals surface area contributed by atoms with E-state index in [0.29, 0.717) is 0 Å². The van der Waals surface area contributed by atoms with Gasteiger partial charge >= 0.3 is 0 Å². The Balaban J connectivity index is 1.33. The van der Waals surface area contributed by atoms with Crippen molar-refractivity contribution in [1.29, 1.82) is 0 Å². The molecule has 3 aromatic heterocycles. The fourth-order valence-corrected chi connectivity index (χ4v) is 4.02. The fourth-order valence-electron chi connectivity index (χ4n) is 4.02. The number of aryl methyl sites for hydroxylation is 2. The van der Waals surface area contributed by atoms with E-state index in [-0.39, 0.29) is 0 Å². The van der Waals surface area contributed by atoms with Crippen LogP contribution >= 0.6 is 0 Å². The normalized spacial score (nSPS) is 17.9. The molecule has 2 fully saturated rings. The summed E-state index contributed by atoms with van der Waals surface area (Å²) in [5.41, 5.74) is 3.07. The molecule has 0 saturated carbocycles. The summed E-state index contributed by atoms with van der Waals surface area (Å²) < 4.78 is 7.37. The zero-order valence-electron chi connectivity index (χ0n) is 17.0. The molecular formula is C20H26N8O. The maximum absolute atomic E-state index is 5.46. The van der Waals surface area contributed by atoms with Crippen LogP contribution in [0.3, 0.4) is 0 Å². The van der Waals surface area contributed by atoms with Gasteiger partial charge in [-0.3, -0.25) is 0 Å². The largest absolute Gasteiger partial charge is 0.378 e. The summed E-state index contributed by atoms with van der Waals surface area (Å²) in [4.78, 5) is 21.0. The van der Waals surface area contributed by atoms with E-state index in [4.69, 9.17) is 9.72 Å². The summed E-state index contributed by atoms with van der Waals surface area (Å²) >= 11 is 0. The number of anilines is 3. The van der Waals surface area contributed by atoms with Crippen molar-refractivity contribution in [2.24, 2.45) is 0 Å². The Kier molecular flexibility index (Phi) is 4.67. The highest BCUT2D eigenvalue weighted by molar-refractivity contribution is 5.69. The summed E-state index contributed by atoms with van der Waals surface area (Å²) in [7, 11) is 0. The third kappa shape index (κ3) is 3.57. The van der Waals surface area contributed by atoms with Gasteiger partial charge in [-0.15, -0.1) is 0 Å². The zero-order chi connectivity index (χ0) is 19.8. The predicted molar refractivity (Wildman–Crippen MR) is 112 cm³/mol. The van der Waals surface area contributed by atoms with E-state index in [1.807, 2.05) is 30.8 Å². The number of hydrogen-bond acceptors (Lipinski definition) is 8. The topological polar surface area (TPSA) is 74.9 Å². The zero-order valence-corrected chi connectivity index (χ0v) is 17.0. The molecule has 5 heterocycles. The number of aromatic nitrogens is 5. The molecule has 0 spiro atoms. The molecule has 29 heavy (non-hydrogen) atoms. The van der Waals surface area contributed by atoms with Gasteiger partial charge in [0.1, 0.15) is 11.3 Å². The van der Waals surface area contributed by atoms with E-state index in [0.717, 1.165) is 87.0 Å². The van der Waals surface area contributed by atoms with Gasteiger partial charge in [0.25, 0.3) is 0 Å². The molecular weight excluding hydrogens is 368 g/mol. The molecule has 0 unspecified atom stereocenters. The Morgan fingerprint density at radius 1 is 0.828 bits per heavy atom. The van der Waals surface area contributed by atoms with Crippen molar-refractivity contribution in [3.8, 4) is 0 Å². The van der Waals surface area contributed by atoms with E-state index in [9.17, 15) is 0 Å². The summed E-state index contributed by atoms with van der Waals surface area (Å²) in [6, 6.07) is 4.18. The van der Waals surface area contributed by atoms with E-state index in [1.165, 1.54) is 0 Å². The lowest BCUT2D eigenvalue weighted by molar-refractivity contribution is 0.122. The van der Waals surface area contributed by atoms with Gasteiger partial charge in [-0.2, -0.15) is 10.1 Å². The third-order valence-electron chi connectivity index (χ3n) is 5.52. The fraction of sp³-hybridized carbons (Fsp3) is 0.500. The van der Waals surface area contributed by atoms with Crippen LogP contribution in [0.5, 0.6) is 0 Å². The molecule has 0 atom stereocenters. The van der Waals surface area contributed by atoms with Gasteiger partial charge in [0, 0.05) is 63.4 Å². The Hall–Kier alpha value is -2.94. The van der Waals surface area contributed by atoms with Crippen molar-refractivity contribution in [3.63, 3.8) is 0 Å². The summed E-state index contributed by atoms with van der Waals surface area (Å²) in [6.45, 7) is 10.8. The van der Waals surface area contributed by atoms with Crippen molar-refractivity contribution in [3.05, 3.63) is 35.9 Å². The maximum atomic E-state index is 5.46. The SMILES string of the molecule is Cc1cc(N2CCN(c3nccn4nc(C)cc34)CC2)nc(N2CCOCC2)n1. The second kappa shape index (κ2) is 7.47. The molecule has 0 radical (unpaired) electrons. The lowest BCUT2D eigenvalue weighted by Gasteiger charge is -2.36. The first-order chi connectivity index (χ1) is 14.2. The van der Waals surface area contributed by atoms with Crippen LogP contribution in [-0.4, -0.2) is 77.0 Å². The van der Waals surface area contributed by atoms with Crippen molar-refractivity contribution in [2.75, 3.05) is 67.2 Å². The highest BCUT2D eigenvalue weighted by Gasteiger charge is 2.23. The van der Waals surface area contributed by atoms with Crippen LogP contribution in [0.2, 0.25) is 0 Å². The van der Waals surface area contributed by atoms with Gasteiger partial charge in [0.2, 0.25) is 5.95 Å². The van der Waals surface area contributed by atoms with Crippen molar-refractivity contribution in [1.82, 2.24) is 24.6 Å². The minimum atomic E-state index is 0.734. The van der Waals surface area contributed by atoms with Gasteiger partial charge < -0.3 is 19.4 Å². The van der Waals surface area contributed by atoms with E-state index in [2.05, 4.69) is 41.9 Å². The lowest BCUT2D eigenvalue weighted by Crippen LogP contribution is -2.47. The van der Waals surface area contributed by atoms with Gasteiger partial charge in [0.05, 0.1) is 18.9 Å². The number of morpholine rings is 1. The molecule has 152 valence electrons. The number of fused-ring (bicyclic) bond motifs is 1. The van der Waals surface area contributed by atoms with Crippen LogP contribution in [0.1, 0.15) is 11.4 Å². The minimum absolute atomic E-state index is 0.734. The lowest BCUT2D eigenvalue weighted by atomic mass is 10.2. The average Bonchev–Trinajstić information content (AvgIpc) is 3.14. The Morgan fingerprint density at radius 2 is 1.59 bits per heavy atom. The highest BCUT2D eigenvalue weighted by Crippen LogP contribution is 2.24. The van der Waals surface area contributed by atoms with Crippen LogP contribution in [0.25, 0.3) is 5.52 Å². The van der Waals surface area contributed by atoms with Crippen LogP contribution in [0.15, 0.2) is 24.5 Å². The molecule has 0 N–H and O–H groups in total. The summed E-state index contributed by atoms with van der Waals surface area (Å²) in [5.74, 6) is 2.82. The van der Waals surface area contributed by atoms with Crippen LogP contribution in [-0.2, 0) is 4.74 Å². The Morgan fingerprint density at radius 3 is 2.38 bits per heavy atom. The average molecular weight is 394 g/mol. The second-order valence-corrected chi connectivity index (χ2v) is 7.61. The quantitative estimate of drug-likeness (QED) is 0.658. The Labute approximate surface area is 169 Å². The number of nitrogens with zero attached hydrogens (tertiary/aromatic N) is 8. The molecule has 3 aromatic rings. The van der Waals surface area contributed by atoms with Crippen molar-refractivity contribution in [2.45, 2.75) is 13.8 Å². The van der Waals surface area contributed by atoms with Crippen LogP contribution in [0.4, 0.5) is 17.6 Å². The molecule has 5 rings (SSSR count). The van der Waals surface area contributed by atoms with Gasteiger partial charge in [-0.25, -0.2) is 14.5 Å². The maximum Gasteiger partial charge on any atom is 0.227 e. The Bertz CT molecular complexity index is 1000. The molecule has 0 aliphatic carbocycles. The van der Waals surface area contributed by atoms with Gasteiger partial charge in [-0.05, 0) is 19.9 Å². The number of piperazine rings is 1. The molecule has 0 aromatic carbocycles. The van der Waals surface area contributed by atoms with Gasteiger partial charge in [-0.1, -0.05) is 0 Å². The summed E-state index contributed by atoms with van der Waals surface area (Å²) in [6.07, 6.45) is 3.72. The van der Waals surface area contributed by atoms with E-state index < -0.39 is 0 Å². The predicted octanol–water partition coefficient (Wildman–Crippen LogP) is 1.30. The molecule has 2 aliphatic rings. The smallest absolute Gasteiger partial charge is 0.227 e. The standard InChI is InChI=1S/C20H26N8O/c1-15-14-18(23-20(22-15)27-9-11-29-12-10-27)25-5-7-26(8-6-25)19-17-13-16(2)24-28(17)4-3-21-19/h3-4,13-14H,5-12H2,1-2H3. The summed E-state index contributed by atoms with van der Waals surface area (Å²) in [5, 5.41) is 4.50. The van der Waals surface area contributed by atoms with Crippen LogP contribution < -0.4 is 14.7 Å². The third-order valence-corrected chi connectivity index (χ3v) is 5.52. The second-order valence-electron chi connectivity index (χ2n) is 7.61. The number of ether oxygens (including phenoxy) is 1. The number of rotatable bonds is 3. The van der Waals surface area contributed by atoms with Crippen molar-refractivity contribution < 1.29 is 4.74 Å². The van der Waals surface area contributed by atoms with E-state index >= 15 is 0 Å². The molecule has 9 nitrogen and oxygen atoms in total.